The molecular weight excluding hydrogens is 863 g/mol. The van der Waals surface area contributed by atoms with Gasteiger partial charge in [0.05, 0.1) is 24.4 Å². The molecule has 0 aliphatic heterocycles. The van der Waals surface area contributed by atoms with E-state index < -0.39 is 0 Å². The molecule has 7 nitrogen and oxygen atoms in total. The molecule has 0 saturated heterocycles. The third-order valence-electron chi connectivity index (χ3n) is 15.4. The van der Waals surface area contributed by atoms with E-state index >= 15 is 0 Å². The zero-order valence-corrected chi connectivity index (χ0v) is 48.6. The number of rotatable bonds is 60. The molecule has 0 spiro atoms. The highest BCUT2D eigenvalue weighted by Gasteiger charge is 2.20. The summed E-state index contributed by atoms with van der Waals surface area (Å²) in [6, 6.07) is 0. The summed E-state index contributed by atoms with van der Waals surface area (Å²) in [5, 5.41) is 45.4. The van der Waals surface area contributed by atoms with Crippen LogP contribution in [0, 0.1) is 0 Å². The van der Waals surface area contributed by atoms with Crippen LogP contribution in [0.3, 0.4) is 0 Å². The molecule has 0 aromatic carbocycles. The second-order valence-corrected chi connectivity index (χ2v) is 22.9. The van der Waals surface area contributed by atoms with E-state index in [9.17, 15) is 20.4 Å². The van der Waals surface area contributed by atoms with Gasteiger partial charge in [0.1, 0.15) is 0 Å². The minimum absolute atomic E-state index is 0.359. The molecule has 0 aliphatic rings. The van der Waals surface area contributed by atoms with Crippen molar-refractivity contribution < 1.29 is 20.4 Å². The lowest BCUT2D eigenvalue weighted by molar-refractivity contribution is 0.0466. The number of hydrogen-bond donors (Lipinski definition) is 4. The van der Waals surface area contributed by atoms with Crippen molar-refractivity contribution in [3.05, 3.63) is 0 Å². The Morgan fingerprint density at radius 1 is 0.200 bits per heavy atom. The van der Waals surface area contributed by atoms with Gasteiger partial charge in [-0.2, -0.15) is 0 Å². The summed E-state index contributed by atoms with van der Waals surface area (Å²) in [5.41, 5.74) is 0. The number of nitrogens with zero attached hydrogens (tertiary/aromatic N) is 3. The minimum Gasteiger partial charge on any atom is -0.392 e. The van der Waals surface area contributed by atoms with Crippen molar-refractivity contribution in [3.8, 4) is 0 Å². The van der Waals surface area contributed by atoms with Crippen LogP contribution in [0.2, 0.25) is 0 Å². The maximum absolute atomic E-state index is 11.3. The molecule has 7 heteroatoms. The Morgan fingerprint density at radius 2 is 0.371 bits per heavy atom. The van der Waals surface area contributed by atoms with Crippen LogP contribution in [0.1, 0.15) is 324 Å². The van der Waals surface area contributed by atoms with Gasteiger partial charge in [-0.05, 0) is 38.6 Å². The highest BCUT2D eigenvalue weighted by molar-refractivity contribution is 4.75. The Labute approximate surface area is 440 Å². The lowest BCUT2D eigenvalue weighted by Crippen LogP contribution is -2.46. The smallest absolute Gasteiger partial charge is 0.0667 e. The standard InChI is InChI=1S/C63H131N3O4/c1-6-11-15-19-23-27-31-35-39-43-47-60(67)56-65(57-61(68)48-44-40-36-32-28-24-20-16-12-7-2)54-52-64(51-10-5)53-55-66(58-62(69)49-45-41-37-33-29-25-21-17-13-8-3)59-63(70)50-46-42-38-34-30-26-22-18-14-9-4/h60-63,67-70H,6-59H2,1-5H3. The molecule has 0 radical (unpaired) electrons. The number of hydrogen-bond acceptors (Lipinski definition) is 7. The first-order valence-corrected chi connectivity index (χ1v) is 32.2. The third-order valence-corrected chi connectivity index (χ3v) is 15.4. The third kappa shape index (κ3) is 51.2. The van der Waals surface area contributed by atoms with E-state index in [1.807, 2.05) is 0 Å². The van der Waals surface area contributed by atoms with Crippen molar-refractivity contribution in [1.29, 1.82) is 0 Å². The summed E-state index contributed by atoms with van der Waals surface area (Å²) < 4.78 is 0. The van der Waals surface area contributed by atoms with E-state index in [1.165, 1.54) is 231 Å². The average molecular weight is 995 g/mol. The second kappa shape index (κ2) is 56.4. The van der Waals surface area contributed by atoms with Crippen molar-refractivity contribution in [2.75, 3.05) is 58.9 Å². The number of unbranched alkanes of at least 4 members (excludes halogenated alkanes) is 36. The van der Waals surface area contributed by atoms with Gasteiger partial charge >= 0.3 is 0 Å². The minimum atomic E-state index is -0.359. The van der Waals surface area contributed by atoms with Crippen LogP contribution in [-0.2, 0) is 0 Å². The maximum atomic E-state index is 11.3. The Morgan fingerprint density at radius 3 is 0.557 bits per heavy atom. The summed E-state index contributed by atoms with van der Waals surface area (Å²) in [5.74, 6) is 0. The fourth-order valence-corrected chi connectivity index (χ4v) is 10.8. The topological polar surface area (TPSA) is 90.6 Å². The van der Waals surface area contributed by atoms with Gasteiger partial charge in [0.25, 0.3) is 0 Å². The van der Waals surface area contributed by atoms with Gasteiger partial charge in [-0.1, -0.05) is 291 Å². The first-order valence-electron chi connectivity index (χ1n) is 32.2. The quantitative estimate of drug-likeness (QED) is 0.0451. The Bertz CT molecular complexity index is 838. The van der Waals surface area contributed by atoms with Gasteiger partial charge in [0, 0.05) is 52.4 Å². The first-order chi connectivity index (χ1) is 34.3. The van der Waals surface area contributed by atoms with Crippen LogP contribution in [-0.4, -0.2) is 118 Å². The summed E-state index contributed by atoms with van der Waals surface area (Å²) in [6.45, 7) is 18.4. The van der Waals surface area contributed by atoms with Gasteiger partial charge in [-0.25, -0.2) is 0 Å². The molecule has 0 aliphatic carbocycles. The highest BCUT2D eigenvalue weighted by Crippen LogP contribution is 2.18. The van der Waals surface area contributed by atoms with Gasteiger partial charge < -0.3 is 25.3 Å². The van der Waals surface area contributed by atoms with Crippen molar-refractivity contribution in [1.82, 2.24) is 14.7 Å². The molecule has 0 aromatic heterocycles. The Kier molecular flexibility index (Phi) is 56.2. The number of aliphatic hydroxyl groups excluding tert-OH is 4. The molecule has 4 atom stereocenters. The molecule has 4 N–H and O–H groups in total. The van der Waals surface area contributed by atoms with E-state index in [0.29, 0.717) is 26.2 Å². The molecule has 0 rings (SSSR count). The molecule has 70 heavy (non-hydrogen) atoms. The molecule has 0 bridgehead atoms. The Hall–Kier alpha value is -0.280. The number of aliphatic hydroxyl groups is 4. The predicted molar refractivity (Wildman–Crippen MR) is 309 cm³/mol. The SMILES string of the molecule is CCCCCCCCCCCCC(O)CN(CCN(CCC)CCN(CC(O)CCCCCCCCCCCC)CC(O)CCCCCCCCCCCC)CC(O)CCCCCCCCCCCC. The van der Waals surface area contributed by atoms with Crippen LogP contribution in [0.4, 0.5) is 0 Å². The van der Waals surface area contributed by atoms with Crippen molar-refractivity contribution in [2.45, 2.75) is 348 Å². The summed E-state index contributed by atoms with van der Waals surface area (Å²) in [6.07, 6.45) is 55.2. The van der Waals surface area contributed by atoms with Crippen LogP contribution in [0.25, 0.3) is 0 Å². The second-order valence-electron chi connectivity index (χ2n) is 22.9. The maximum Gasteiger partial charge on any atom is 0.0667 e. The molecule has 422 valence electrons. The lowest BCUT2D eigenvalue weighted by atomic mass is 10.0. The molecule has 0 heterocycles. The zero-order valence-electron chi connectivity index (χ0n) is 48.6. The largest absolute Gasteiger partial charge is 0.392 e. The van der Waals surface area contributed by atoms with Crippen molar-refractivity contribution in [2.24, 2.45) is 0 Å². The van der Waals surface area contributed by atoms with Gasteiger partial charge in [0.2, 0.25) is 0 Å². The molecule has 4 unspecified atom stereocenters. The van der Waals surface area contributed by atoms with Crippen molar-refractivity contribution >= 4 is 0 Å². The normalized spacial score (nSPS) is 13.9. The van der Waals surface area contributed by atoms with Gasteiger partial charge in [-0.3, -0.25) is 9.80 Å². The molecule has 0 saturated carbocycles. The summed E-state index contributed by atoms with van der Waals surface area (Å²) in [4.78, 5) is 7.30. The van der Waals surface area contributed by atoms with Crippen LogP contribution in [0.15, 0.2) is 0 Å². The highest BCUT2D eigenvalue weighted by atomic mass is 16.3. The van der Waals surface area contributed by atoms with E-state index in [4.69, 9.17) is 0 Å². The zero-order chi connectivity index (χ0) is 51.2. The van der Waals surface area contributed by atoms with Crippen LogP contribution >= 0.6 is 0 Å². The summed E-state index contributed by atoms with van der Waals surface area (Å²) >= 11 is 0. The Balaban J connectivity index is 5.38. The summed E-state index contributed by atoms with van der Waals surface area (Å²) in [7, 11) is 0. The van der Waals surface area contributed by atoms with Gasteiger partial charge in [-0.15, -0.1) is 0 Å². The van der Waals surface area contributed by atoms with Crippen LogP contribution in [0.5, 0.6) is 0 Å². The molecule has 0 amide bonds. The first kappa shape index (κ1) is 69.7. The predicted octanol–water partition coefficient (Wildman–Crippen LogP) is 17.0. The van der Waals surface area contributed by atoms with Gasteiger partial charge in [0.15, 0.2) is 0 Å². The average Bonchev–Trinajstić information content (AvgIpc) is 3.34. The fourth-order valence-electron chi connectivity index (χ4n) is 10.8. The lowest BCUT2D eigenvalue weighted by Gasteiger charge is -2.33. The molecule has 0 fully saturated rings. The van der Waals surface area contributed by atoms with Crippen molar-refractivity contribution in [3.63, 3.8) is 0 Å². The van der Waals surface area contributed by atoms with E-state index in [2.05, 4.69) is 49.3 Å². The fraction of sp³-hybridized carbons (Fsp3) is 1.00. The van der Waals surface area contributed by atoms with E-state index in [1.54, 1.807) is 0 Å². The van der Waals surface area contributed by atoms with E-state index in [0.717, 1.165) is 90.5 Å². The molecular formula is C63H131N3O4. The van der Waals surface area contributed by atoms with Crippen LogP contribution < -0.4 is 0 Å². The van der Waals surface area contributed by atoms with E-state index in [-0.39, 0.29) is 24.4 Å². The molecule has 0 aromatic rings. The monoisotopic (exact) mass is 994 g/mol.